The molecule has 1 unspecified atom stereocenters. The number of rotatable bonds is 5. The van der Waals surface area contributed by atoms with Crippen LogP contribution in [0.2, 0.25) is 0 Å². The van der Waals surface area contributed by atoms with Crippen molar-refractivity contribution in [1.29, 1.82) is 0 Å². The molecule has 4 nitrogen and oxygen atoms in total. The standard InChI is InChI=1S/C29H27N3O/c1-19-15-16-24(20(2)17-19)29(33)30-21(3)28-31-26-13-6-7-14-27(26)32(28)18-23-11-8-10-22-9-4-5-12-25(22)23/h4-17,21H,18H2,1-3H3,(H,30,33). The van der Waals surface area contributed by atoms with E-state index >= 15 is 0 Å². The molecule has 0 fully saturated rings. The van der Waals surface area contributed by atoms with Crippen LogP contribution in [0.5, 0.6) is 0 Å². The van der Waals surface area contributed by atoms with Crippen molar-refractivity contribution in [2.24, 2.45) is 0 Å². The molecule has 33 heavy (non-hydrogen) atoms. The summed E-state index contributed by atoms with van der Waals surface area (Å²) in [5.41, 5.74) is 6.04. The Kier molecular flexibility index (Phi) is 5.43. The fraction of sp³-hybridized carbons (Fsp3) is 0.172. The third-order valence-electron chi connectivity index (χ3n) is 6.25. The lowest BCUT2D eigenvalue weighted by Crippen LogP contribution is -2.29. The highest BCUT2D eigenvalue weighted by atomic mass is 16.1. The van der Waals surface area contributed by atoms with Crippen LogP contribution in [0.3, 0.4) is 0 Å². The van der Waals surface area contributed by atoms with Crippen molar-refractivity contribution in [2.45, 2.75) is 33.4 Å². The van der Waals surface area contributed by atoms with Crippen molar-refractivity contribution >= 4 is 27.7 Å². The number of amides is 1. The molecule has 1 heterocycles. The molecule has 1 aromatic heterocycles. The Balaban J connectivity index is 1.53. The lowest BCUT2D eigenvalue weighted by Gasteiger charge is -2.18. The van der Waals surface area contributed by atoms with E-state index in [0.717, 1.165) is 28.0 Å². The second-order valence-electron chi connectivity index (χ2n) is 8.70. The first-order valence-electron chi connectivity index (χ1n) is 11.3. The molecule has 0 bridgehead atoms. The van der Waals surface area contributed by atoms with Crippen LogP contribution in [0.4, 0.5) is 0 Å². The Morgan fingerprint density at radius 1 is 0.939 bits per heavy atom. The van der Waals surface area contributed by atoms with Gasteiger partial charge in [-0.1, -0.05) is 72.3 Å². The number of carbonyl (C=O) groups excluding carboxylic acids is 1. The van der Waals surface area contributed by atoms with E-state index in [9.17, 15) is 4.79 Å². The number of imidazole rings is 1. The summed E-state index contributed by atoms with van der Waals surface area (Å²) in [5.74, 6) is 0.769. The summed E-state index contributed by atoms with van der Waals surface area (Å²) >= 11 is 0. The van der Waals surface area contributed by atoms with Crippen LogP contribution in [-0.4, -0.2) is 15.5 Å². The summed E-state index contributed by atoms with van der Waals surface area (Å²) in [6.45, 7) is 6.69. The maximum absolute atomic E-state index is 13.1. The molecule has 164 valence electrons. The van der Waals surface area contributed by atoms with Crippen LogP contribution in [0.1, 0.15) is 45.8 Å². The average Bonchev–Trinajstić information content (AvgIpc) is 3.18. The molecular weight excluding hydrogens is 406 g/mol. The Bertz CT molecular complexity index is 1480. The van der Waals surface area contributed by atoms with Crippen LogP contribution < -0.4 is 5.32 Å². The SMILES string of the molecule is Cc1ccc(C(=O)NC(C)c2nc3ccccc3n2Cc2cccc3ccccc23)c(C)c1. The van der Waals surface area contributed by atoms with Crippen LogP contribution in [-0.2, 0) is 6.54 Å². The minimum atomic E-state index is -0.249. The zero-order valence-corrected chi connectivity index (χ0v) is 19.2. The third kappa shape index (κ3) is 4.00. The number of fused-ring (bicyclic) bond motifs is 2. The van der Waals surface area contributed by atoms with Crippen LogP contribution >= 0.6 is 0 Å². The number of carbonyl (C=O) groups is 1. The van der Waals surface area contributed by atoms with E-state index in [1.54, 1.807) is 0 Å². The van der Waals surface area contributed by atoms with E-state index < -0.39 is 0 Å². The van der Waals surface area contributed by atoms with Crippen molar-refractivity contribution in [3.05, 3.63) is 113 Å². The lowest BCUT2D eigenvalue weighted by molar-refractivity contribution is 0.0937. The first-order chi connectivity index (χ1) is 16.0. The van der Waals surface area contributed by atoms with Crippen molar-refractivity contribution in [2.75, 3.05) is 0 Å². The normalized spacial score (nSPS) is 12.2. The number of benzene rings is 4. The predicted molar refractivity (Wildman–Crippen MR) is 135 cm³/mol. The van der Waals surface area contributed by atoms with Gasteiger partial charge in [0.25, 0.3) is 5.91 Å². The van der Waals surface area contributed by atoms with Crippen molar-refractivity contribution < 1.29 is 4.79 Å². The molecule has 4 aromatic carbocycles. The molecule has 0 radical (unpaired) electrons. The summed E-state index contributed by atoms with van der Waals surface area (Å²) in [6.07, 6.45) is 0. The largest absolute Gasteiger partial charge is 0.342 e. The number of aryl methyl sites for hydroxylation is 2. The molecule has 1 N–H and O–H groups in total. The Hall–Kier alpha value is -3.92. The summed E-state index contributed by atoms with van der Waals surface area (Å²) in [4.78, 5) is 18.0. The van der Waals surface area contributed by atoms with Gasteiger partial charge in [0.1, 0.15) is 5.82 Å². The number of hydrogen-bond acceptors (Lipinski definition) is 2. The van der Waals surface area contributed by atoms with E-state index in [0.29, 0.717) is 12.1 Å². The molecule has 4 heteroatoms. The summed E-state index contributed by atoms with van der Waals surface area (Å²) in [7, 11) is 0. The van der Waals surface area contributed by atoms with Crippen LogP contribution in [0, 0.1) is 13.8 Å². The second kappa shape index (κ2) is 8.55. The van der Waals surface area contributed by atoms with Gasteiger partial charge in [0.05, 0.1) is 23.6 Å². The summed E-state index contributed by atoms with van der Waals surface area (Å²) in [5, 5.41) is 5.63. The van der Waals surface area contributed by atoms with E-state index in [-0.39, 0.29) is 11.9 Å². The highest BCUT2D eigenvalue weighted by molar-refractivity contribution is 5.96. The van der Waals surface area contributed by atoms with Gasteiger partial charge in [0.2, 0.25) is 0 Å². The van der Waals surface area contributed by atoms with Gasteiger partial charge in [0, 0.05) is 5.56 Å². The maximum atomic E-state index is 13.1. The van der Waals surface area contributed by atoms with E-state index in [2.05, 4.69) is 58.4 Å². The van der Waals surface area contributed by atoms with Crippen LogP contribution in [0.25, 0.3) is 21.8 Å². The highest BCUT2D eigenvalue weighted by Gasteiger charge is 2.20. The van der Waals surface area contributed by atoms with Crippen LogP contribution in [0.15, 0.2) is 84.9 Å². The molecule has 0 aliphatic rings. The van der Waals surface area contributed by atoms with Crippen molar-refractivity contribution in [1.82, 2.24) is 14.9 Å². The lowest BCUT2D eigenvalue weighted by atomic mass is 10.0. The third-order valence-corrected chi connectivity index (χ3v) is 6.25. The zero-order valence-electron chi connectivity index (χ0n) is 19.2. The van der Waals surface area contributed by atoms with Gasteiger partial charge in [-0.2, -0.15) is 0 Å². The first kappa shape index (κ1) is 21.0. The molecule has 0 aliphatic carbocycles. The smallest absolute Gasteiger partial charge is 0.252 e. The number of aromatic nitrogens is 2. The molecule has 0 aliphatic heterocycles. The number of para-hydroxylation sites is 2. The highest BCUT2D eigenvalue weighted by Crippen LogP contribution is 2.26. The van der Waals surface area contributed by atoms with Gasteiger partial charge < -0.3 is 9.88 Å². The maximum Gasteiger partial charge on any atom is 0.252 e. The number of nitrogens with zero attached hydrogens (tertiary/aromatic N) is 2. The predicted octanol–water partition coefficient (Wildman–Crippen LogP) is 6.35. The first-order valence-corrected chi connectivity index (χ1v) is 11.3. The van der Waals surface area contributed by atoms with E-state index in [1.165, 1.54) is 16.3 Å². The van der Waals surface area contributed by atoms with Gasteiger partial charge in [-0.15, -0.1) is 0 Å². The molecule has 5 aromatic rings. The van der Waals surface area contributed by atoms with Crippen molar-refractivity contribution in [3.8, 4) is 0 Å². The fourth-order valence-corrected chi connectivity index (χ4v) is 4.60. The van der Waals surface area contributed by atoms with E-state index in [4.69, 9.17) is 4.98 Å². The molecule has 0 spiro atoms. The number of nitrogens with one attached hydrogen (secondary N) is 1. The Morgan fingerprint density at radius 2 is 1.70 bits per heavy atom. The van der Waals surface area contributed by atoms with Crippen molar-refractivity contribution in [3.63, 3.8) is 0 Å². The van der Waals surface area contributed by atoms with Gasteiger partial charge in [-0.3, -0.25) is 4.79 Å². The monoisotopic (exact) mass is 433 g/mol. The molecule has 5 rings (SSSR count). The molecular formula is C29H27N3O. The molecule has 0 saturated carbocycles. The summed E-state index contributed by atoms with van der Waals surface area (Å²) in [6, 6.07) is 28.6. The van der Waals surface area contributed by atoms with Gasteiger partial charge >= 0.3 is 0 Å². The van der Waals surface area contributed by atoms with Gasteiger partial charge in [-0.25, -0.2) is 4.98 Å². The van der Waals surface area contributed by atoms with Gasteiger partial charge in [0.15, 0.2) is 0 Å². The zero-order chi connectivity index (χ0) is 22.9. The minimum absolute atomic E-state index is 0.0798. The van der Waals surface area contributed by atoms with Gasteiger partial charge in [-0.05, 0) is 60.9 Å². The topological polar surface area (TPSA) is 46.9 Å². The average molecular weight is 434 g/mol. The quantitative estimate of drug-likeness (QED) is 0.351. The Morgan fingerprint density at radius 3 is 2.55 bits per heavy atom. The molecule has 1 atom stereocenters. The summed E-state index contributed by atoms with van der Waals surface area (Å²) < 4.78 is 2.23. The van der Waals surface area contributed by atoms with E-state index in [1.807, 2.05) is 57.2 Å². The minimum Gasteiger partial charge on any atom is -0.342 e. The molecule has 1 amide bonds. The number of hydrogen-bond donors (Lipinski definition) is 1. The fourth-order valence-electron chi connectivity index (χ4n) is 4.60. The second-order valence-corrected chi connectivity index (χ2v) is 8.70. The molecule has 0 saturated heterocycles. The Labute approximate surface area is 193 Å².